The molecule has 0 amide bonds. The predicted molar refractivity (Wildman–Crippen MR) is 92.2 cm³/mol. The van der Waals surface area contributed by atoms with E-state index in [1.165, 1.54) is 38.5 Å². The van der Waals surface area contributed by atoms with Crippen molar-refractivity contribution in [1.29, 1.82) is 0 Å². The lowest BCUT2D eigenvalue weighted by atomic mass is 9.88. The van der Waals surface area contributed by atoms with Crippen molar-refractivity contribution in [3.05, 3.63) is 0 Å². The Balaban J connectivity index is 3.68. The molecule has 0 nitrogen and oxygen atoms in total. The van der Waals surface area contributed by atoms with Gasteiger partial charge >= 0.3 is 0 Å². The second-order valence-electron chi connectivity index (χ2n) is 8.08. The molecule has 2 atom stereocenters. The molecule has 0 aliphatic rings. The molecule has 0 fully saturated rings. The van der Waals surface area contributed by atoms with Crippen molar-refractivity contribution in [3.63, 3.8) is 0 Å². The third-order valence-electron chi connectivity index (χ3n) is 3.29. The van der Waals surface area contributed by atoms with Crippen LogP contribution in [0.3, 0.4) is 0 Å². The fourth-order valence-corrected chi connectivity index (χ4v) is 2.43. The van der Waals surface area contributed by atoms with E-state index in [-0.39, 0.29) is 0 Å². The monoisotopic (exact) mass is 290 g/mol. The van der Waals surface area contributed by atoms with Crippen molar-refractivity contribution in [2.24, 2.45) is 10.8 Å². The zero-order valence-electron chi connectivity index (χ0n) is 13.3. The Labute approximate surface area is 127 Å². The molecule has 0 spiro atoms. The number of hydrogen-bond donors (Lipinski definition) is 2. The summed E-state index contributed by atoms with van der Waals surface area (Å²) in [5, 5.41) is 1.10. The molecule has 0 aromatic carbocycles. The van der Waals surface area contributed by atoms with E-state index < -0.39 is 0 Å². The number of hydrogen-bond acceptors (Lipinski definition) is 2. The van der Waals surface area contributed by atoms with Gasteiger partial charge in [0.2, 0.25) is 0 Å². The molecule has 0 heterocycles. The maximum absolute atomic E-state index is 4.71. The Morgan fingerprint density at radius 3 is 1.11 bits per heavy atom. The summed E-state index contributed by atoms with van der Waals surface area (Å²) in [5.74, 6) is 0. The minimum Gasteiger partial charge on any atom is -0.176 e. The van der Waals surface area contributed by atoms with Gasteiger partial charge in [0, 0.05) is 10.5 Å². The molecule has 0 N–H and O–H groups in total. The zero-order chi connectivity index (χ0) is 14.4. The van der Waals surface area contributed by atoms with Gasteiger partial charge < -0.3 is 0 Å². The summed E-state index contributed by atoms with van der Waals surface area (Å²) < 4.78 is 0. The zero-order valence-corrected chi connectivity index (χ0v) is 15.1. The van der Waals surface area contributed by atoms with Gasteiger partial charge in [-0.2, -0.15) is 25.3 Å². The molecule has 0 aromatic rings. The molecule has 0 saturated carbocycles. The largest absolute Gasteiger partial charge is 0.176 e. The Kier molecular flexibility index (Phi) is 8.41. The van der Waals surface area contributed by atoms with Gasteiger partial charge in [0.15, 0.2) is 0 Å². The number of rotatable bonds is 7. The molecule has 0 saturated heterocycles. The average molecular weight is 291 g/mol. The lowest BCUT2D eigenvalue weighted by molar-refractivity contribution is 0.351. The third kappa shape index (κ3) is 13.1. The van der Waals surface area contributed by atoms with Crippen LogP contribution in [0.1, 0.15) is 80.1 Å². The van der Waals surface area contributed by atoms with Crippen LogP contribution in [0.15, 0.2) is 0 Å². The predicted octanol–water partition coefficient (Wildman–Crippen LogP) is 6.02. The highest BCUT2D eigenvalue weighted by Crippen LogP contribution is 2.28. The second kappa shape index (κ2) is 8.09. The fourth-order valence-electron chi connectivity index (χ4n) is 1.87. The summed E-state index contributed by atoms with van der Waals surface area (Å²) >= 11 is 9.42. The first-order valence-electron chi connectivity index (χ1n) is 7.36. The highest BCUT2D eigenvalue weighted by atomic mass is 32.1. The van der Waals surface area contributed by atoms with E-state index in [2.05, 4.69) is 41.5 Å². The van der Waals surface area contributed by atoms with Crippen molar-refractivity contribution < 1.29 is 0 Å². The SMILES string of the molecule is CC(C)(C)CCC(S)CCC(S)CCC(C)(C)C. The summed E-state index contributed by atoms with van der Waals surface area (Å²) in [4.78, 5) is 0. The molecule has 0 aliphatic carbocycles. The van der Waals surface area contributed by atoms with E-state index in [0.29, 0.717) is 21.3 Å². The van der Waals surface area contributed by atoms with E-state index in [9.17, 15) is 0 Å². The van der Waals surface area contributed by atoms with Crippen LogP contribution < -0.4 is 0 Å². The van der Waals surface area contributed by atoms with E-state index in [1.54, 1.807) is 0 Å². The maximum atomic E-state index is 4.71. The number of thiol groups is 2. The molecule has 0 rings (SSSR count). The lowest BCUT2D eigenvalue weighted by Gasteiger charge is -2.23. The molecule has 0 radical (unpaired) electrons. The highest BCUT2D eigenvalue weighted by Gasteiger charge is 2.16. The normalized spacial score (nSPS) is 16.7. The van der Waals surface area contributed by atoms with E-state index in [4.69, 9.17) is 25.3 Å². The van der Waals surface area contributed by atoms with Crippen LogP contribution >= 0.6 is 25.3 Å². The van der Waals surface area contributed by atoms with Crippen molar-refractivity contribution in [2.45, 2.75) is 90.6 Å². The Morgan fingerprint density at radius 2 is 0.889 bits per heavy atom. The minimum atomic E-state index is 0.438. The van der Waals surface area contributed by atoms with Crippen molar-refractivity contribution in [3.8, 4) is 0 Å². The summed E-state index contributed by atoms with van der Waals surface area (Å²) in [6.07, 6.45) is 7.40. The van der Waals surface area contributed by atoms with E-state index >= 15 is 0 Å². The van der Waals surface area contributed by atoms with Gasteiger partial charge in [-0.3, -0.25) is 0 Å². The van der Waals surface area contributed by atoms with Crippen LogP contribution in [0.2, 0.25) is 0 Å². The molecular weight excluding hydrogens is 256 g/mol. The quantitative estimate of drug-likeness (QED) is 0.527. The Morgan fingerprint density at radius 1 is 0.611 bits per heavy atom. The lowest BCUT2D eigenvalue weighted by Crippen LogP contribution is -2.12. The van der Waals surface area contributed by atoms with Crippen molar-refractivity contribution in [2.75, 3.05) is 0 Å². The van der Waals surface area contributed by atoms with Crippen LogP contribution in [0.25, 0.3) is 0 Å². The Hall–Kier alpha value is 0.700. The molecule has 0 aliphatic heterocycles. The third-order valence-corrected chi connectivity index (χ3v) is 4.32. The van der Waals surface area contributed by atoms with Crippen molar-refractivity contribution in [1.82, 2.24) is 0 Å². The molecule has 110 valence electrons. The van der Waals surface area contributed by atoms with E-state index in [1.807, 2.05) is 0 Å². The van der Waals surface area contributed by atoms with Crippen molar-refractivity contribution >= 4 is 25.3 Å². The first kappa shape index (κ1) is 18.7. The van der Waals surface area contributed by atoms with Gasteiger partial charge in [0.05, 0.1) is 0 Å². The topological polar surface area (TPSA) is 0 Å². The summed E-state index contributed by atoms with van der Waals surface area (Å²) in [5.41, 5.74) is 0.876. The maximum Gasteiger partial charge on any atom is 0.00174 e. The van der Waals surface area contributed by atoms with Crippen LogP contribution in [0.5, 0.6) is 0 Å². The van der Waals surface area contributed by atoms with Crippen LogP contribution in [0, 0.1) is 10.8 Å². The highest BCUT2D eigenvalue weighted by molar-refractivity contribution is 7.81. The van der Waals surface area contributed by atoms with E-state index in [0.717, 1.165) is 0 Å². The smallest absolute Gasteiger partial charge is 0.00174 e. The molecule has 18 heavy (non-hydrogen) atoms. The molecule has 2 heteroatoms. The van der Waals surface area contributed by atoms with Gasteiger partial charge in [-0.25, -0.2) is 0 Å². The van der Waals surface area contributed by atoms with Gasteiger partial charge in [-0.05, 0) is 49.4 Å². The van der Waals surface area contributed by atoms with Gasteiger partial charge in [-0.15, -0.1) is 0 Å². The average Bonchev–Trinajstić information content (AvgIpc) is 2.18. The molecule has 0 aromatic heterocycles. The second-order valence-corrected chi connectivity index (χ2v) is 9.54. The Bertz CT molecular complexity index is 186. The standard InChI is InChI=1S/C16H34S2/c1-15(2,3)11-9-13(17)7-8-14(18)10-12-16(4,5)6/h13-14,17-18H,7-12H2,1-6H3. The van der Waals surface area contributed by atoms with Crippen LogP contribution in [-0.4, -0.2) is 10.5 Å². The summed E-state index contributed by atoms with van der Waals surface area (Å²) in [7, 11) is 0. The fraction of sp³-hybridized carbons (Fsp3) is 1.00. The molecule has 0 bridgehead atoms. The summed E-state index contributed by atoms with van der Waals surface area (Å²) in [6, 6.07) is 0. The van der Waals surface area contributed by atoms with Crippen LogP contribution in [-0.2, 0) is 0 Å². The van der Waals surface area contributed by atoms with Gasteiger partial charge in [-0.1, -0.05) is 41.5 Å². The van der Waals surface area contributed by atoms with Gasteiger partial charge in [0.1, 0.15) is 0 Å². The molecular formula is C16H34S2. The minimum absolute atomic E-state index is 0.438. The first-order chi connectivity index (χ1) is 7.99. The van der Waals surface area contributed by atoms with Gasteiger partial charge in [0.25, 0.3) is 0 Å². The van der Waals surface area contributed by atoms with Crippen LogP contribution in [0.4, 0.5) is 0 Å². The summed E-state index contributed by atoms with van der Waals surface area (Å²) in [6.45, 7) is 13.8. The first-order valence-corrected chi connectivity index (χ1v) is 8.39. The molecule has 2 unspecified atom stereocenters.